The highest BCUT2D eigenvalue weighted by Gasteiger charge is 2.06. The third-order valence-electron chi connectivity index (χ3n) is 2.50. The SMILES string of the molecule is O=C(NCc1cc(C(=O)O)ccn1)NCc1ccco1. The van der Waals surface area contributed by atoms with Crippen LogP contribution in [-0.2, 0) is 13.1 Å². The Hall–Kier alpha value is -2.83. The molecule has 0 aliphatic heterocycles. The van der Waals surface area contributed by atoms with Gasteiger partial charge in [0.25, 0.3) is 0 Å². The van der Waals surface area contributed by atoms with Crippen molar-refractivity contribution in [2.75, 3.05) is 0 Å². The van der Waals surface area contributed by atoms with Crippen LogP contribution in [0.2, 0.25) is 0 Å². The summed E-state index contributed by atoms with van der Waals surface area (Å²) < 4.78 is 5.07. The number of nitrogens with one attached hydrogen (secondary N) is 2. The summed E-state index contributed by atoms with van der Waals surface area (Å²) >= 11 is 0. The topological polar surface area (TPSA) is 104 Å². The number of nitrogens with zero attached hydrogens (tertiary/aromatic N) is 1. The number of rotatable bonds is 5. The van der Waals surface area contributed by atoms with Crippen LogP contribution < -0.4 is 10.6 Å². The zero-order chi connectivity index (χ0) is 14.4. The Morgan fingerprint density at radius 3 is 2.75 bits per heavy atom. The summed E-state index contributed by atoms with van der Waals surface area (Å²) in [5.74, 6) is -0.387. The molecule has 2 aromatic heterocycles. The first kappa shape index (κ1) is 13.6. The normalized spacial score (nSPS) is 10.0. The molecule has 2 aromatic rings. The molecule has 3 N–H and O–H groups in total. The van der Waals surface area contributed by atoms with Gasteiger partial charge >= 0.3 is 12.0 Å². The van der Waals surface area contributed by atoms with E-state index >= 15 is 0 Å². The number of hydrogen-bond acceptors (Lipinski definition) is 4. The lowest BCUT2D eigenvalue weighted by molar-refractivity contribution is 0.0696. The molecule has 104 valence electrons. The standard InChI is InChI=1S/C13H13N3O4/c17-12(18)9-3-4-14-10(6-9)7-15-13(19)16-8-11-2-1-5-20-11/h1-6H,7-8H2,(H,17,18)(H2,15,16,19). The average molecular weight is 275 g/mol. The molecule has 0 unspecified atom stereocenters. The molecule has 0 saturated heterocycles. The number of furan rings is 1. The minimum absolute atomic E-state index is 0.132. The fraction of sp³-hybridized carbons (Fsp3) is 0.154. The largest absolute Gasteiger partial charge is 0.478 e. The minimum atomic E-state index is -1.03. The molecule has 0 spiro atoms. The number of carboxylic acid groups (broad SMARTS) is 1. The quantitative estimate of drug-likeness (QED) is 0.764. The maximum absolute atomic E-state index is 11.5. The molecule has 2 heterocycles. The minimum Gasteiger partial charge on any atom is -0.478 e. The van der Waals surface area contributed by atoms with Crippen LogP contribution in [0.25, 0.3) is 0 Å². The van der Waals surface area contributed by atoms with E-state index < -0.39 is 5.97 Å². The van der Waals surface area contributed by atoms with E-state index in [1.807, 2.05) is 0 Å². The van der Waals surface area contributed by atoms with Crippen LogP contribution in [0.3, 0.4) is 0 Å². The van der Waals surface area contributed by atoms with Crippen LogP contribution in [-0.4, -0.2) is 22.1 Å². The number of carbonyl (C=O) groups excluding carboxylic acids is 1. The summed E-state index contributed by atoms with van der Waals surface area (Å²) in [5.41, 5.74) is 0.603. The van der Waals surface area contributed by atoms with Gasteiger partial charge in [-0.05, 0) is 24.3 Å². The second-order valence-corrected chi connectivity index (χ2v) is 3.96. The summed E-state index contributed by atoms with van der Waals surface area (Å²) in [4.78, 5) is 26.3. The maximum Gasteiger partial charge on any atom is 0.335 e. The third kappa shape index (κ3) is 3.84. The molecule has 0 fully saturated rings. The number of carboxylic acids is 1. The number of pyridine rings is 1. The van der Waals surface area contributed by atoms with Gasteiger partial charge in [0, 0.05) is 6.20 Å². The first-order valence-electron chi connectivity index (χ1n) is 5.87. The van der Waals surface area contributed by atoms with Crippen molar-refractivity contribution in [3.05, 3.63) is 53.7 Å². The van der Waals surface area contributed by atoms with Crippen molar-refractivity contribution >= 4 is 12.0 Å². The number of urea groups is 1. The van der Waals surface area contributed by atoms with Crippen LogP contribution in [0.1, 0.15) is 21.8 Å². The highest BCUT2D eigenvalue weighted by Crippen LogP contribution is 2.02. The van der Waals surface area contributed by atoms with Gasteiger partial charge < -0.3 is 20.2 Å². The van der Waals surface area contributed by atoms with Crippen molar-refractivity contribution in [2.24, 2.45) is 0 Å². The van der Waals surface area contributed by atoms with Crippen LogP contribution in [0, 0.1) is 0 Å². The molecule has 0 bridgehead atoms. The summed E-state index contributed by atoms with van der Waals surface area (Å²) in [7, 11) is 0. The molecule has 20 heavy (non-hydrogen) atoms. The lowest BCUT2D eigenvalue weighted by atomic mass is 10.2. The van der Waals surface area contributed by atoms with Crippen LogP contribution in [0.4, 0.5) is 4.79 Å². The lowest BCUT2D eigenvalue weighted by Gasteiger charge is -2.06. The van der Waals surface area contributed by atoms with E-state index in [4.69, 9.17) is 9.52 Å². The summed E-state index contributed by atoms with van der Waals surface area (Å²) in [6, 6.07) is 5.90. The fourth-order valence-corrected chi connectivity index (χ4v) is 1.52. The van der Waals surface area contributed by atoms with Gasteiger partial charge in [0.15, 0.2) is 0 Å². The monoisotopic (exact) mass is 275 g/mol. The lowest BCUT2D eigenvalue weighted by Crippen LogP contribution is -2.34. The van der Waals surface area contributed by atoms with Gasteiger partial charge in [-0.2, -0.15) is 0 Å². The molecule has 0 saturated carbocycles. The van der Waals surface area contributed by atoms with Crippen molar-refractivity contribution in [1.29, 1.82) is 0 Å². The zero-order valence-electron chi connectivity index (χ0n) is 10.5. The van der Waals surface area contributed by atoms with E-state index in [1.54, 1.807) is 12.1 Å². The van der Waals surface area contributed by atoms with Gasteiger partial charge in [-0.3, -0.25) is 4.98 Å². The molecule has 0 radical (unpaired) electrons. The van der Waals surface area contributed by atoms with Gasteiger partial charge in [-0.1, -0.05) is 0 Å². The number of aromatic carboxylic acids is 1. The number of carbonyl (C=O) groups is 2. The molecular formula is C13H13N3O4. The van der Waals surface area contributed by atoms with Gasteiger partial charge in [-0.15, -0.1) is 0 Å². The van der Waals surface area contributed by atoms with Crippen molar-refractivity contribution in [3.63, 3.8) is 0 Å². The highest BCUT2D eigenvalue weighted by molar-refractivity contribution is 5.87. The van der Waals surface area contributed by atoms with Crippen molar-refractivity contribution in [2.45, 2.75) is 13.1 Å². The first-order chi connectivity index (χ1) is 9.65. The van der Waals surface area contributed by atoms with Crippen LogP contribution in [0.15, 0.2) is 41.1 Å². The third-order valence-corrected chi connectivity index (χ3v) is 2.50. The van der Waals surface area contributed by atoms with E-state index in [9.17, 15) is 9.59 Å². The van der Waals surface area contributed by atoms with Gasteiger partial charge in [0.05, 0.1) is 30.6 Å². The summed E-state index contributed by atoms with van der Waals surface area (Å²) in [6.45, 7) is 0.423. The number of hydrogen-bond donors (Lipinski definition) is 3. The van der Waals surface area contributed by atoms with E-state index in [-0.39, 0.29) is 24.7 Å². The Bertz CT molecular complexity index is 595. The molecule has 2 rings (SSSR count). The van der Waals surface area contributed by atoms with E-state index in [2.05, 4.69) is 15.6 Å². The molecule has 0 aliphatic rings. The summed E-state index contributed by atoms with van der Waals surface area (Å²) in [5, 5.41) is 14.0. The Morgan fingerprint density at radius 1 is 1.25 bits per heavy atom. The second-order valence-electron chi connectivity index (χ2n) is 3.96. The van der Waals surface area contributed by atoms with E-state index in [1.165, 1.54) is 24.6 Å². The van der Waals surface area contributed by atoms with Gasteiger partial charge in [-0.25, -0.2) is 9.59 Å². The predicted molar refractivity (Wildman–Crippen MR) is 69.0 cm³/mol. The highest BCUT2D eigenvalue weighted by atomic mass is 16.4. The van der Waals surface area contributed by atoms with Gasteiger partial charge in [0.2, 0.25) is 0 Å². The smallest absolute Gasteiger partial charge is 0.335 e. The Kier molecular flexibility index (Phi) is 4.33. The molecule has 7 nitrogen and oxygen atoms in total. The molecule has 0 atom stereocenters. The fourth-order valence-electron chi connectivity index (χ4n) is 1.52. The molecule has 7 heteroatoms. The predicted octanol–water partition coefficient (Wildman–Crippen LogP) is 1.37. The van der Waals surface area contributed by atoms with E-state index in [0.29, 0.717) is 11.5 Å². The number of aromatic nitrogens is 1. The van der Waals surface area contributed by atoms with Crippen molar-refractivity contribution in [1.82, 2.24) is 15.6 Å². The molecule has 2 amide bonds. The first-order valence-corrected chi connectivity index (χ1v) is 5.87. The van der Waals surface area contributed by atoms with Crippen LogP contribution >= 0.6 is 0 Å². The Balaban J connectivity index is 1.81. The number of amides is 2. The van der Waals surface area contributed by atoms with Crippen molar-refractivity contribution < 1.29 is 19.1 Å². The van der Waals surface area contributed by atoms with E-state index in [0.717, 1.165) is 0 Å². The van der Waals surface area contributed by atoms with Gasteiger partial charge in [0.1, 0.15) is 5.76 Å². The Morgan fingerprint density at radius 2 is 2.05 bits per heavy atom. The average Bonchev–Trinajstić information content (AvgIpc) is 2.96. The Labute approximate surface area is 114 Å². The second kappa shape index (κ2) is 6.37. The summed E-state index contributed by atoms with van der Waals surface area (Å²) in [6.07, 6.45) is 2.91. The zero-order valence-corrected chi connectivity index (χ0v) is 10.5. The molecule has 0 aromatic carbocycles. The molecule has 0 aliphatic carbocycles. The van der Waals surface area contributed by atoms with Crippen LogP contribution in [0.5, 0.6) is 0 Å². The maximum atomic E-state index is 11.5. The van der Waals surface area contributed by atoms with Crippen molar-refractivity contribution in [3.8, 4) is 0 Å². The molecular weight excluding hydrogens is 262 g/mol.